The maximum absolute atomic E-state index is 13.8. The lowest BCUT2D eigenvalue weighted by Crippen LogP contribution is -2.66. The number of likely N-dealkylation sites (N-methyl/N-ethyl adjacent to an activating group) is 1. The Labute approximate surface area is 225 Å². The molecule has 0 N–H and O–H groups in total. The molecule has 1 aromatic heterocycles. The van der Waals surface area contributed by atoms with Gasteiger partial charge >= 0.3 is 0 Å². The van der Waals surface area contributed by atoms with E-state index < -0.39 is 16.7 Å². The van der Waals surface area contributed by atoms with Crippen molar-refractivity contribution in [2.24, 2.45) is 10.5 Å². The summed E-state index contributed by atoms with van der Waals surface area (Å²) in [6, 6.07) is 12.9. The highest BCUT2D eigenvalue weighted by Gasteiger charge is 2.57. The number of piperidine rings is 1. The molecule has 0 saturated carbocycles. The summed E-state index contributed by atoms with van der Waals surface area (Å²) in [5.74, 6) is 2.80. The molecule has 4 heterocycles. The molecule has 2 saturated heterocycles. The lowest BCUT2D eigenvalue weighted by atomic mass is 9.75. The summed E-state index contributed by atoms with van der Waals surface area (Å²) in [6.07, 6.45) is 6.75. The minimum Gasteiger partial charge on any atom is -0.616 e. The summed E-state index contributed by atoms with van der Waals surface area (Å²) in [6.45, 7) is 5.60. The molecule has 38 heavy (non-hydrogen) atoms. The van der Waals surface area contributed by atoms with Gasteiger partial charge in [0, 0.05) is 19.8 Å². The number of ether oxygens (including phenoxy) is 1. The van der Waals surface area contributed by atoms with Crippen LogP contribution in [0, 0.1) is 18.2 Å². The number of halogens is 1. The molecule has 2 fully saturated rings. The molecule has 2 aromatic carbocycles. The Hall–Kier alpha value is -3.30. The van der Waals surface area contributed by atoms with Crippen molar-refractivity contribution >= 4 is 23.1 Å². The van der Waals surface area contributed by atoms with Crippen molar-refractivity contribution in [2.75, 3.05) is 38.8 Å². The van der Waals surface area contributed by atoms with Crippen molar-refractivity contribution in [1.29, 1.82) is 0 Å². The van der Waals surface area contributed by atoms with E-state index in [9.17, 15) is 8.94 Å². The molecule has 0 aliphatic carbocycles. The van der Waals surface area contributed by atoms with E-state index in [-0.39, 0.29) is 11.2 Å². The second kappa shape index (κ2) is 9.17. The normalized spacial score (nSPS) is 27.8. The predicted octanol–water partition coefficient (Wildman–Crippen LogP) is 4.34. The third-order valence-corrected chi connectivity index (χ3v) is 9.80. The van der Waals surface area contributed by atoms with E-state index in [0.29, 0.717) is 18.1 Å². The van der Waals surface area contributed by atoms with Gasteiger partial charge < -0.3 is 18.8 Å². The molecule has 3 aromatic rings. The Kier molecular flexibility index (Phi) is 6.03. The van der Waals surface area contributed by atoms with Gasteiger partial charge in [0.2, 0.25) is 0 Å². The quantitative estimate of drug-likeness (QED) is 0.467. The fourth-order valence-electron chi connectivity index (χ4n) is 6.13. The van der Waals surface area contributed by atoms with E-state index in [1.54, 1.807) is 13.4 Å². The van der Waals surface area contributed by atoms with Gasteiger partial charge in [-0.25, -0.2) is 9.37 Å². The highest BCUT2D eigenvalue weighted by atomic mass is 32.2. The topological polar surface area (TPSA) is 68.9 Å². The van der Waals surface area contributed by atoms with Crippen LogP contribution in [0.15, 0.2) is 65.7 Å². The zero-order valence-corrected chi connectivity index (χ0v) is 23.0. The van der Waals surface area contributed by atoms with Crippen LogP contribution in [0.4, 0.5) is 4.39 Å². The van der Waals surface area contributed by atoms with Crippen LogP contribution >= 0.6 is 0 Å². The summed E-state index contributed by atoms with van der Waals surface area (Å²) in [5.41, 5.74) is 4.54. The van der Waals surface area contributed by atoms with Crippen LogP contribution in [-0.2, 0) is 16.7 Å². The van der Waals surface area contributed by atoms with Gasteiger partial charge in [0.1, 0.15) is 23.1 Å². The summed E-state index contributed by atoms with van der Waals surface area (Å²) in [4.78, 5) is 6.71. The Morgan fingerprint density at radius 1 is 1.13 bits per heavy atom. The minimum atomic E-state index is -0.792. The van der Waals surface area contributed by atoms with Crippen molar-refractivity contribution in [3.05, 3.63) is 83.2 Å². The first-order valence-electron chi connectivity index (χ1n) is 12.8. The summed E-state index contributed by atoms with van der Waals surface area (Å²) >= 11 is -0.792. The molecule has 3 aliphatic heterocycles. The van der Waals surface area contributed by atoms with E-state index in [0.717, 1.165) is 52.6 Å². The largest absolute Gasteiger partial charge is 0.616 e. The molecule has 198 valence electrons. The van der Waals surface area contributed by atoms with Gasteiger partial charge in [0.05, 0.1) is 42.3 Å². The number of nitrogens with zero attached hydrogens (tertiary/aromatic N) is 5. The van der Waals surface area contributed by atoms with Gasteiger partial charge in [-0.1, -0.05) is 29.4 Å². The third-order valence-electron chi connectivity index (χ3n) is 7.93. The van der Waals surface area contributed by atoms with E-state index in [4.69, 9.17) is 9.84 Å². The zero-order chi connectivity index (χ0) is 26.7. The van der Waals surface area contributed by atoms with Crippen molar-refractivity contribution in [2.45, 2.75) is 25.8 Å². The molecule has 0 bridgehead atoms. The van der Waals surface area contributed by atoms with Gasteiger partial charge in [-0.3, -0.25) is 5.01 Å². The highest BCUT2D eigenvalue weighted by Crippen LogP contribution is 2.48. The molecule has 0 radical (unpaired) electrons. The molecule has 1 atom stereocenters. The van der Waals surface area contributed by atoms with Gasteiger partial charge in [-0.2, -0.15) is 5.10 Å². The van der Waals surface area contributed by atoms with Crippen molar-refractivity contribution in [1.82, 2.24) is 19.5 Å². The van der Waals surface area contributed by atoms with Gasteiger partial charge in [-0.05, 0) is 67.3 Å². The Morgan fingerprint density at radius 3 is 2.55 bits per heavy atom. The number of fused-ring (bicyclic) bond motifs is 1. The number of methoxy groups -OCH3 is 1. The first-order valence-corrected chi connectivity index (χ1v) is 14.3. The number of aryl methyl sites for hydroxylation is 1. The molecule has 3 aliphatic rings. The molecular formula is C29H32FN5O2S. The molecule has 1 unspecified atom stereocenters. The average Bonchev–Trinajstić information content (AvgIpc) is 3.30. The van der Waals surface area contributed by atoms with Crippen LogP contribution in [0.2, 0.25) is 0 Å². The van der Waals surface area contributed by atoms with Crippen molar-refractivity contribution in [3.63, 3.8) is 0 Å². The lowest BCUT2D eigenvalue weighted by Gasteiger charge is -2.57. The standard InChI is InChI=1S/C29H32FN5O2S/c1-20-14-34(19-31-20)25-10-5-21(12-26(25)37-4)11-22-13-29(17-38(36)18-29)16-35-27(22)32-33(3)15-28(35,2)23-6-8-24(30)9-7-23/h5-12,14,19H,13,15-18H2,1-4H3/b22-11+. The highest BCUT2D eigenvalue weighted by molar-refractivity contribution is 7.92. The summed E-state index contributed by atoms with van der Waals surface area (Å²) in [7, 11) is 3.66. The lowest BCUT2D eigenvalue weighted by molar-refractivity contribution is 0.0608. The van der Waals surface area contributed by atoms with E-state index >= 15 is 0 Å². The smallest absolute Gasteiger partial charge is 0.152 e. The third kappa shape index (κ3) is 4.27. The minimum absolute atomic E-state index is 0.0642. The van der Waals surface area contributed by atoms with Gasteiger partial charge in [-0.15, -0.1) is 0 Å². The molecular weight excluding hydrogens is 501 g/mol. The maximum atomic E-state index is 13.8. The number of aromatic nitrogens is 2. The molecule has 9 heteroatoms. The summed E-state index contributed by atoms with van der Waals surface area (Å²) in [5, 5.41) is 6.97. The predicted molar refractivity (Wildman–Crippen MR) is 148 cm³/mol. The number of benzene rings is 2. The fraction of sp³-hybridized carbons (Fsp3) is 0.379. The number of hydrogen-bond donors (Lipinski definition) is 0. The van der Waals surface area contributed by atoms with Crippen LogP contribution in [0.3, 0.4) is 0 Å². The monoisotopic (exact) mass is 533 g/mol. The first-order chi connectivity index (χ1) is 18.2. The Morgan fingerprint density at radius 2 is 1.89 bits per heavy atom. The van der Waals surface area contributed by atoms with Crippen LogP contribution < -0.4 is 4.74 Å². The van der Waals surface area contributed by atoms with Crippen LogP contribution in [0.1, 0.15) is 30.2 Å². The van der Waals surface area contributed by atoms with Crippen molar-refractivity contribution in [3.8, 4) is 11.4 Å². The number of amidine groups is 1. The number of hydrazone groups is 1. The SMILES string of the molecule is COc1cc(/C=C2\CC3(CN4C2=NN(C)CC4(C)c2ccc(F)cc2)C[S+]([O-])C3)ccc1-n1cnc(C)c1. The second-order valence-corrected chi connectivity index (χ2v) is 12.5. The van der Waals surface area contributed by atoms with E-state index in [1.165, 1.54) is 12.1 Å². The second-order valence-electron chi connectivity index (χ2n) is 11.0. The molecule has 6 rings (SSSR count). The Bertz CT molecular complexity index is 1430. The number of imidazole rings is 1. The van der Waals surface area contributed by atoms with E-state index in [2.05, 4.69) is 29.0 Å². The first kappa shape index (κ1) is 25.0. The number of hydrogen-bond acceptors (Lipinski definition) is 6. The summed E-state index contributed by atoms with van der Waals surface area (Å²) < 4.78 is 33.9. The van der Waals surface area contributed by atoms with Crippen LogP contribution in [-0.4, -0.2) is 68.6 Å². The Balaban J connectivity index is 1.43. The van der Waals surface area contributed by atoms with Crippen LogP contribution in [0.25, 0.3) is 11.8 Å². The molecule has 0 amide bonds. The fourth-order valence-corrected chi connectivity index (χ4v) is 7.80. The van der Waals surface area contributed by atoms with Crippen molar-refractivity contribution < 1.29 is 13.7 Å². The zero-order valence-electron chi connectivity index (χ0n) is 22.1. The van der Waals surface area contributed by atoms with Gasteiger partial charge in [0.15, 0.2) is 5.84 Å². The maximum Gasteiger partial charge on any atom is 0.152 e. The number of rotatable bonds is 4. The van der Waals surface area contributed by atoms with Gasteiger partial charge in [0.25, 0.3) is 0 Å². The van der Waals surface area contributed by atoms with Crippen LogP contribution in [0.5, 0.6) is 5.75 Å². The molecule has 7 nitrogen and oxygen atoms in total. The van der Waals surface area contributed by atoms with E-state index in [1.807, 2.05) is 54.0 Å². The molecule has 1 spiro atoms. The average molecular weight is 534 g/mol.